The Morgan fingerprint density at radius 3 is 3.00 bits per heavy atom. The number of likely N-dealkylation sites (tertiary alicyclic amines) is 1. The molecule has 1 atom stereocenters. The van der Waals surface area contributed by atoms with Crippen LogP contribution < -0.4 is 10.5 Å². The summed E-state index contributed by atoms with van der Waals surface area (Å²) in [5.41, 5.74) is 5.58. The van der Waals surface area contributed by atoms with E-state index in [0.717, 1.165) is 12.8 Å². The lowest BCUT2D eigenvalue weighted by molar-refractivity contribution is -0.134. The number of aromatic nitrogens is 2. The average Bonchev–Trinajstić information content (AvgIpc) is 3.06. The van der Waals surface area contributed by atoms with Crippen LogP contribution in [-0.4, -0.2) is 46.6 Å². The molecular formula is C17H20N4O4. The van der Waals surface area contributed by atoms with Crippen molar-refractivity contribution >= 4 is 11.8 Å². The summed E-state index contributed by atoms with van der Waals surface area (Å²) in [5, 5.41) is 3.95. The van der Waals surface area contributed by atoms with E-state index in [1.807, 2.05) is 0 Å². The predicted molar refractivity (Wildman–Crippen MR) is 88.0 cm³/mol. The van der Waals surface area contributed by atoms with Crippen LogP contribution >= 0.6 is 0 Å². The van der Waals surface area contributed by atoms with Crippen molar-refractivity contribution in [2.24, 2.45) is 5.73 Å². The minimum Gasteiger partial charge on any atom is -0.484 e. The maximum atomic E-state index is 12.4. The zero-order chi connectivity index (χ0) is 17.8. The quantitative estimate of drug-likeness (QED) is 0.874. The van der Waals surface area contributed by atoms with Crippen LogP contribution in [0, 0.1) is 6.92 Å². The molecule has 1 saturated heterocycles. The number of ether oxygens (including phenoxy) is 1. The predicted octanol–water partition coefficient (Wildman–Crippen LogP) is 1.26. The Balaban J connectivity index is 1.57. The van der Waals surface area contributed by atoms with Gasteiger partial charge in [-0.1, -0.05) is 11.2 Å². The Labute approximate surface area is 144 Å². The summed E-state index contributed by atoms with van der Waals surface area (Å²) in [7, 11) is 0. The first-order valence-corrected chi connectivity index (χ1v) is 8.13. The van der Waals surface area contributed by atoms with Crippen molar-refractivity contribution in [2.75, 3.05) is 19.7 Å². The molecule has 1 fully saturated rings. The van der Waals surface area contributed by atoms with E-state index in [1.165, 1.54) is 6.07 Å². The van der Waals surface area contributed by atoms with Crippen molar-refractivity contribution in [3.63, 3.8) is 0 Å². The molecule has 25 heavy (non-hydrogen) atoms. The lowest BCUT2D eigenvalue weighted by atomic mass is 9.97. The van der Waals surface area contributed by atoms with Crippen molar-refractivity contribution in [1.29, 1.82) is 0 Å². The van der Waals surface area contributed by atoms with E-state index >= 15 is 0 Å². The fraction of sp³-hybridized carbons (Fsp3) is 0.412. The minimum absolute atomic E-state index is 0.0772. The molecule has 2 N–H and O–H groups in total. The van der Waals surface area contributed by atoms with Gasteiger partial charge in [-0.05, 0) is 31.0 Å². The van der Waals surface area contributed by atoms with Gasteiger partial charge in [0, 0.05) is 31.5 Å². The molecule has 0 spiro atoms. The van der Waals surface area contributed by atoms with Gasteiger partial charge in [0.25, 0.3) is 5.91 Å². The van der Waals surface area contributed by atoms with Crippen molar-refractivity contribution in [3.8, 4) is 5.75 Å². The molecule has 1 unspecified atom stereocenters. The lowest BCUT2D eigenvalue weighted by Gasteiger charge is -2.31. The van der Waals surface area contributed by atoms with Crippen LogP contribution in [0.1, 0.15) is 40.8 Å². The van der Waals surface area contributed by atoms with Gasteiger partial charge in [-0.3, -0.25) is 9.59 Å². The second-order valence-electron chi connectivity index (χ2n) is 6.03. The molecule has 1 aromatic heterocycles. The van der Waals surface area contributed by atoms with E-state index in [1.54, 1.807) is 30.0 Å². The van der Waals surface area contributed by atoms with Gasteiger partial charge in [0.1, 0.15) is 5.75 Å². The summed E-state index contributed by atoms with van der Waals surface area (Å²) >= 11 is 0. The molecule has 1 aromatic carbocycles. The van der Waals surface area contributed by atoms with Crippen LogP contribution in [-0.2, 0) is 4.79 Å². The van der Waals surface area contributed by atoms with Gasteiger partial charge < -0.3 is 19.9 Å². The highest BCUT2D eigenvalue weighted by molar-refractivity contribution is 5.93. The highest BCUT2D eigenvalue weighted by atomic mass is 16.5. The monoisotopic (exact) mass is 344 g/mol. The van der Waals surface area contributed by atoms with Gasteiger partial charge in [-0.25, -0.2) is 0 Å². The van der Waals surface area contributed by atoms with Gasteiger partial charge in [0.05, 0.1) is 0 Å². The Hall–Kier alpha value is -2.90. The zero-order valence-electron chi connectivity index (χ0n) is 14.0. The molecule has 132 valence electrons. The largest absolute Gasteiger partial charge is 0.484 e. The molecule has 2 heterocycles. The molecule has 1 aliphatic rings. The topological polar surface area (TPSA) is 112 Å². The first-order chi connectivity index (χ1) is 12.0. The number of benzene rings is 1. The van der Waals surface area contributed by atoms with Gasteiger partial charge in [-0.15, -0.1) is 0 Å². The van der Waals surface area contributed by atoms with Crippen LogP contribution in [0.2, 0.25) is 0 Å². The first kappa shape index (κ1) is 16.9. The number of hydrogen-bond acceptors (Lipinski definition) is 6. The fourth-order valence-electron chi connectivity index (χ4n) is 2.87. The molecule has 0 aliphatic carbocycles. The average molecular weight is 344 g/mol. The second kappa shape index (κ2) is 7.33. The molecule has 8 nitrogen and oxygen atoms in total. The summed E-state index contributed by atoms with van der Waals surface area (Å²) < 4.78 is 10.5. The Bertz CT molecular complexity index is 774. The van der Waals surface area contributed by atoms with E-state index in [0.29, 0.717) is 36.1 Å². The van der Waals surface area contributed by atoms with Gasteiger partial charge in [-0.2, -0.15) is 4.98 Å². The van der Waals surface area contributed by atoms with Crippen molar-refractivity contribution in [1.82, 2.24) is 15.0 Å². The van der Waals surface area contributed by atoms with Crippen molar-refractivity contribution in [3.05, 3.63) is 41.5 Å². The lowest BCUT2D eigenvalue weighted by Crippen LogP contribution is -2.41. The van der Waals surface area contributed by atoms with Crippen LogP contribution in [0.4, 0.5) is 0 Å². The number of nitrogens with two attached hydrogens (primary N) is 1. The number of rotatable bonds is 5. The number of primary amides is 1. The van der Waals surface area contributed by atoms with Crippen LogP contribution in [0.5, 0.6) is 5.75 Å². The Morgan fingerprint density at radius 1 is 1.44 bits per heavy atom. The van der Waals surface area contributed by atoms with E-state index in [-0.39, 0.29) is 18.4 Å². The normalized spacial score (nSPS) is 17.3. The summed E-state index contributed by atoms with van der Waals surface area (Å²) in [4.78, 5) is 29.6. The molecule has 2 aromatic rings. The Kier molecular flexibility index (Phi) is 4.97. The third-order valence-corrected chi connectivity index (χ3v) is 4.16. The molecule has 0 radical (unpaired) electrons. The number of aryl methyl sites for hydroxylation is 1. The summed E-state index contributed by atoms with van der Waals surface area (Å²) in [5.74, 6) is 1.03. The van der Waals surface area contributed by atoms with Gasteiger partial charge >= 0.3 is 0 Å². The number of amides is 2. The summed E-state index contributed by atoms with van der Waals surface area (Å²) in [6.07, 6.45) is 1.80. The summed E-state index contributed by atoms with van der Waals surface area (Å²) in [6, 6.07) is 6.46. The maximum Gasteiger partial charge on any atom is 0.260 e. The van der Waals surface area contributed by atoms with Crippen molar-refractivity contribution < 1.29 is 18.8 Å². The van der Waals surface area contributed by atoms with Crippen LogP contribution in [0.25, 0.3) is 0 Å². The number of carbonyl (C=O) groups is 2. The van der Waals surface area contributed by atoms with Crippen LogP contribution in [0.3, 0.4) is 0 Å². The van der Waals surface area contributed by atoms with Gasteiger partial charge in [0.15, 0.2) is 12.4 Å². The smallest absolute Gasteiger partial charge is 0.260 e. The maximum absolute atomic E-state index is 12.4. The van der Waals surface area contributed by atoms with E-state index in [4.69, 9.17) is 15.0 Å². The number of nitrogens with zero attached hydrogens (tertiary/aromatic N) is 3. The second-order valence-corrected chi connectivity index (χ2v) is 6.03. The summed E-state index contributed by atoms with van der Waals surface area (Å²) in [6.45, 7) is 2.87. The molecule has 8 heteroatoms. The molecule has 1 aliphatic heterocycles. The highest BCUT2D eigenvalue weighted by Gasteiger charge is 2.27. The third-order valence-electron chi connectivity index (χ3n) is 4.16. The third kappa shape index (κ3) is 4.14. The molecule has 2 amide bonds. The SMILES string of the molecule is Cc1nc(C2CCCN(C(=O)COc3cccc(C(N)=O)c3)C2)no1. The van der Waals surface area contributed by atoms with Gasteiger partial charge in [0.2, 0.25) is 11.8 Å². The fourth-order valence-corrected chi connectivity index (χ4v) is 2.87. The molecular weight excluding hydrogens is 324 g/mol. The van der Waals surface area contributed by atoms with E-state index in [2.05, 4.69) is 10.1 Å². The van der Waals surface area contributed by atoms with Crippen LogP contribution in [0.15, 0.2) is 28.8 Å². The molecule has 0 saturated carbocycles. The standard InChI is InChI=1S/C17H20N4O4/c1-11-19-17(20-25-11)13-5-3-7-21(9-13)15(22)10-24-14-6-2-4-12(8-14)16(18)23/h2,4,6,8,13H,3,5,7,9-10H2,1H3,(H2,18,23). The Morgan fingerprint density at radius 2 is 2.28 bits per heavy atom. The zero-order valence-corrected chi connectivity index (χ0v) is 14.0. The molecule has 0 bridgehead atoms. The number of hydrogen-bond donors (Lipinski definition) is 1. The minimum atomic E-state index is -0.536. The van der Waals surface area contributed by atoms with E-state index in [9.17, 15) is 9.59 Å². The molecule has 3 rings (SSSR count). The number of piperidine rings is 1. The van der Waals surface area contributed by atoms with Crippen molar-refractivity contribution in [2.45, 2.75) is 25.7 Å². The number of carbonyl (C=O) groups excluding carboxylic acids is 2. The highest BCUT2D eigenvalue weighted by Crippen LogP contribution is 2.25. The first-order valence-electron chi connectivity index (χ1n) is 8.13. The van der Waals surface area contributed by atoms with E-state index < -0.39 is 5.91 Å².